The lowest BCUT2D eigenvalue weighted by Crippen LogP contribution is -2.40. The van der Waals surface area contributed by atoms with Gasteiger partial charge in [-0.05, 0) is 51.2 Å². The number of rotatable bonds is 4. The van der Waals surface area contributed by atoms with Crippen molar-refractivity contribution in [2.45, 2.75) is 32.2 Å². The van der Waals surface area contributed by atoms with Crippen LogP contribution in [-0.2, 0) is 4.74 Å². The summed E-state index contributed by atoms with van der Waals surface area (Å²) in [5, 5.41) is 3.65. The fraction of sp³-hybridized carbons (Fsp3) is 1.00. The SMILES string of the molecule is CCN1CCC(C2CNC(C)(COC)C2)C1. The van der Waals surface area contributed by atoms with Crippen molar-refractivity contribution in [2.24, 2.45) is 11.8 Å². The maximum Gasteiger partial charge on any atom is 0.0641 e. The lowest BCUT2D eigenvalue weighted by Gasteiger charge is -2.24. The van der Waals surface area contributed by atoms with Crippen molar-refractivity contribution in [3.63, 3.8) is 0 Å². The van der Waals surface area contributed by atoms with Crippen LogP contribution in [0, 0.1) is 11.8 Å². The maximum absolute atomic E-state index is 5.31. The van der Waals surface area contributed by atoms with Gasteiger partial charge in [-0.15, -0.1) is 0 Å². The molecule has 0 amide bonds. The van der Waals surface area contributed by atoms with Crippen LogP contribution < -0.4 is 5.32 Å². The second-order valence-electron chi connectivity index (χ2n) is 5.78. The van der Waals surface area contributed by atoms with E-state index in [0.717, 1.165) is 18.4 Å². The number of ether oxygens (including phenoxy) is 1. The summed E-state index contributed by atoms with van der Waals surface area (Å²) < 4.78 is 5.31. The van der Waals surface area contributed by atoms with Crippen LogP contribution in [-0.4, -0.2) is 50.3 Å². The number of hydrogen-bond acceptors (Lipinski definition) is 3. The lowest BCUT2D eigenvalue weighted by atomic mass is 9.86. The molecular weight excluding hydrogens is 200 g/mol. The van der Waals surface area contributed by atoms with E-state index >= 15 is 0 Å². The molecule has 0 aromatic rings. The molecule has 2 aliphatic rings. The average Bonchev–Trinajstić information content (AvgIpc) is 2.85. The summed E-state index contributed by atoms with van der Waals surface area (Å²) in [5.74, 6) is 1.77. The molecule has 3 nitrogen and oxygen atoms in total. The topological polar surface area (TPSA) is 24.5 Å². The van der Waals surface area contributed by atoms with Crippen LogP contribution in [0.3, 0.4) is 0 Å². The third kappa shape index (κ3) is 2.58. The first kappa shape index (κ1) is 12.3. The van der Waals surface area contributed by atoms with Crippen LogP contribution >= 0.6 is 0 Å². The highest BCUT2D eigenvalue weighted by molar-refractivity contribution is 4.97. The van der Waals surface area contributed by atoms with E-state index in [4.69, 9.17) is 4.74 Å². The predicted octanol–water partition coefficient (Wildman–Crippen LogP) is 1.34. The van der Waals surface area contributed by atoms with Gasteiger partial charge in [-0.1, -0.05) is 6.92 Å². The van der Waals surface area contributed by atoms with Gasteiger partial charge in [-0.2, -0.15) is 0 Å². The number of methoxy groups -OCH3 is 1. The van der Waals surface area contributed by atoms with Gasteiger partial charge in [0.15, 0.2) is 0 Å². The average molecular weight is 226 g/mol. The minimum Gasteiger partial charge on any atom is -0.383 e. The van der Waals surface area contributed by atoms with Crippen LogP contribution in [0.2, 0.25) is 0 Å². The molecule has 0 aromatic heterocycles. The van der Waals surface area contributed by atoms with E-state index in [9.17, 15) is 0 Å². The molecule has 16 heavy (non-hydrogen) atoms. The van der Waals surface area contributed by atoms with E-state index in [1.54, 1.807) is 7.11 Å². The Bertz CT molecular complexity index is 234. The van der Waals surface area contributed by atoms with Gasteiger partial charge >= 0.3 is 0 Å². The van der Waals surface area contributed by atoms with E-state index in [1.807, 2.05) is 0 Å². The second kappa shape index (κ2) is 5.03. The zero-order valence-corrected chi connectivity index (χ0v) is 11.0. The summed E-state index contributed by atoms with van der Waals surface area (Å²) in [6.45, 7) is 10.4. The Morgan fingerprint density at radius 1 is 1.44 bits per heavy atom. The van der Waals surface area contributed by atoms with Gasteiger partial charge in [-0.25, -0.2) is 0 Å². The summed E-state index contributed by atoms with van der Waals surface area (Å²) in [6, 6.07) is 0. The van der Waals surface area contributed by atoms with Crippen LogP contribution in [0.25, 0.3) is 0 Å². The van der Waals surface area contributed by atoms with Crippen molar-refractivity contribution in [3.05, 3.63) is 0 Å². The van der Waals surface area contributed by atoms with E-state index in [1.165, 1.54) is 39.0 Å². The largest absolute Gasteiger partial charge is 0.383 e. The Kier molecular flexibility index (Phi) is 3.88. The molecule has 3 atom stereocenters. The third-order valence-corrected chi connectivity index (χ3v) is 4.39. The molecule has 3 heteroatoms. The van der Waals surface area contributed by atoms with Gasteiger partial charge in [0.25, 0.3) is 0 Å². The van der Waals surface area contributed by atoms with Crippen molar-refractivity contribution in [1.82, 2.24) is 10.2 Å². The maximum atomic E-state index is 5.31. The fourth-order valence-corrected chi connectivity index (χ4v) is 3.40. The monoisotopic (exact) mass is 226 g/mol. The Labute approximate surface area is 99.5 Å². The molecule has 0 bridgehead atoms. The zero-order chi connectivity index (χ0) is 11.6. The molecule has 94 valence electrons. The van der Waals surface area contributed by atoms with Gasteiger partial charge in [-0.3, -0.25) is 0 Å². The molecule has 3 unspecified atom stereocenters. The molecule has 2 aliphatic heterocycles. The molecular formula is C13H26N2O. The summed E-state index contributed by atoms with van der Waals surface area (Å²) in [7, 11) is 1.80. The standard InChI is InChI=1S/C13H26N2O/c1-4-15-6-5-11(9-15)12-7-13(2,10-16-3)14-8-12/h11-12,14H,4-10H2,1-3H3. The van der Waals surface area contributed by atoms with Crippen molar-refractivity contribution < 1.29 is 4.74 Å². The van der Waals surface area contributed by atoms with Crippen molar-refractivity contribution >= 4 is 0 Å². The molecule has 0 aliphatic carbocycles. The molecule has 0 radical (unpaired) electrons. The molecule has 0 spiro atoms. The van der Waals surface area contributed by atoms with Crippen molar-refractivity contribution in [2.75, 3.05) is 39.9 Å². The normalized spacial score (nSPS) is 40.7. The summed E-state index contributed by atoms with van der Waals surface area (Å²) in [4.78, 5) is 2.58. The van der Waals surface area contributed by atoms with Crippen molar-refractivity contribution in [3.8, 4) is 0 Å². The molecule has 2 heterocycles. The highest BCUT2D eigenvalue weighted by atomic mass is 16.5. The van der Waals surface area contributed by atoms with Gasteiger partial charge in [0.05, 0.1) is 6.61 Å². The molecule has 2 rings (SSSR count). The zero-order valence-electron chi connectivity index (χ0n) is 11.0. The first-order valence-corrected chi connectivity index (χ1v) is 6.63. The first-order valence-electron chi connectivity index (χ1n) is 6.63. The quantitative estimate of drug-likeness (QED) is 0.783. The molecule has 0 aromatic carbocycles. The molecule has 0 saturated carbocycles. The van der Waals surface area contributed by atoms with E-state index < -0.39 is 0 Å². The van der Waals surface area contributed by atoms with Gasteiger partial charge in [0.2, 0.25) is 0 Å². The summed E-state index contributed by atoms with van der Waals surface area (Å²) in [5.41, 5.74) is 0.221. The Hall–Kier alpha value is -0.120. The molecule has 2 fully saturated rings. The number of nitrogens with zero attached hydrogens (tertiary/aromatic N) is 1. The van der Waals surface area contributed by atoms with Gasteiger partial charge in [0, 0.05) is 19.2 Å². The van der Waals surface area contributed by atoms with Crippen LogP contribution in [0.15, 0.2) is 0 Å². The third-order valence-electron chi connectivity index (χ3n) is 4.39. The van der Waals surface area contributed by atoms with Gasteiger partial charge < -0.3 is 15.0 Å². The summed E-state index contributed by atoms with van der Waals surface area (Å²) >= 11 is 0. The lowest BCUT2D eigenvalue weighted by molar-refractivity contribution is 0.126. The van der Waals surface area contributed by atoms with Crippen LogP contribution in [0.1, 0.15) is 26.7 Å². The smallest absolute Gasteiger partial charge is 0.0641 e. The minimum absolute atomic E-state index is 0.221. The minimum atomic E-state index is 0.221. The highest BCUT2D eigenvalue weighted by Gasteiger charge is 2.39. The Morgan fingerprint density at radius 2 is 2.25 bits per heavy atom. The van der Waals surface area contributed by atoms with E-state index in [0.29, 0.717) is 0 Å². The number of hydrogen-bond donors (Lipinski definition) is 1. The van der Waals surface area contributed by atoms with Crippen molar-refractivity contribution in [1.29, 1.82) is 0 Å². The molecule has 1 N–H and O–H groups in total. The predicted molar refractivity (Wildman–Crippen MR) is 66.6 cm³/mol. The van der Waals surface area contributed by atoms with Crippen LogP contribution in [0.5, 0.6) is 0 Å². The van der Waals surface area contributed by atoms with Crippen LogP contribution in [0.4, 0.5) is 0 Å². The Balaban J connectivity index is 1.84. The molecule has 2 saturated heterocycles. The number of likely N-dealkylation sites (tertiary alicyclic amines) is 1. The van der Waals surface area contributed by atoms with E-state index in [-0.39, 0.29) is 5.54 Å². The summed E-state index contributed by atoms with van der Waals surface area (Å²) in [6.07, 6.45) is 2.67. The number of nitrogens with one attached hydrogen (secondary N) is 1. The highest BCUT2D eigenvalue weighted by Crippen LogP contribution is 2.34. The first-order chi connectivity index (χ1) is 7.67. The van der Waals surface area contributed by atoms with E-state index in [2.05, 4.69) is 24.1 Å². The Morgan fingerprint density at radius 3 is 2.88 bits per heavy atom. The van der Waals surface area contributed by atoms with Gasteiger partial charge in [0.1, 0.15) is 0 Å². The second-order valence-corrected chi connectivity index (χ2v) is 5.78. The fourth-order valence-electron chi connectivity index (χ4n) is 3.40.